The number of nitrogens with one attached hydrogen (secondary N) is 1. The van der Waals surface area contributed by atoms with Gasteiger partial charge >= 0.3 is 0 Å². The molecule has 0 spiro atoms. The van der Waals surface area contributed by atoms with Crippen LogP contribution in [0.1, 0.15) is 52.1 Å². The first kappa shape index (κ1) is 17.9. The molecule has 3 heteroatoms. The van der Waals surface area contributed by atoms with E-state index in [2.05, 4.69) is 41.5 Å². The first-order chi connectivity index (χ1) is 10.7. The number of pyridine rings is 1. The fourth-order valence-corrected chi connectivity index (χ4v) is 2.20. The Labute approximate surface area is 135 Å². The third kappa shape index (κ3) is 4.42. The summed E-state index contributed by atoms with van der Waals surface area (Å²) in [7, 11) is 0. The number of benzene rings is 1. The van der Waals surface area contributed by atoms with E-state index >= 15 is 0 Å². The molecule has 2 rings (SSSR count). The van der Waals surface area contributed by atoms with E-state index in [1.807, 2.05) is 26.8 Å². The Hall–Kier alpha value is -2.16. The van der Waals surface area contributed by atoms with Crippen LogP contribution in [-0.4, -0.2) is 17.3 Å². The van der Waals surface area contributed by atoms with Gasteiger partial charge in [0, 0.05) is 26.7 Å². The Morgan fingerprint density at radius 1 is 1.18 bits per heavy atom. The summed E-state index contributed by atoms with van der Waals surface area (Å²) < 4.78 is 0. The SMILES string of the molecule is CC.CCNc1cc(-c2cccc(CC)c2)cnc1C(C)=O.[HH]. The smallest absolute Gasteiger partial charge is 0.180 e. The van der Waals surface area contributed by atoms with E-state index in [4.69, 9.17) is 0 Å². The minimum absolute atomic E-state index is 0. The monoisotopic (exact) mass is 300 g/mol. The summed E-state index contributed by atoms with van der Waals surface area (Å²) in [5.41, 5.74) is 4.76. The molecule has 120 valence electrons. The van der Waals surface area contributed by atoms with E-state index in [0.29, 0.717) is 5.69 Å². The first-order valence-corrected chi connectivity index (χ1v) is 7.99. The highest BCUT2D eigenvalue weighted by Crippen LogP contribution is 2.25. The largest absolute Gasteiger partial charge is 0.383 e. The van der Waals surface area contributed by atoms with E-state index in [1.165, 1.54) is 5.56 Å². The van der Waals surface area contributed by atoms with Gasteiger partial charge in [-0.3, -0.25) is 9.78 Å². The molecule has 1 aromatic carbocycles. The normalized spacial score (nSPS) is 9.68. The molecule has 0 aliphatic carbocycles. The number of aryl methyl sites for hydroxylation is 1. The van der Waals surface area contributed by atoms with E-state index in [1.54, 1.807) is 13.1 Å². The third-order valence-electron chi connectivity index (χ3n) is 3.26. The highest BCUT2D eigenvalue weighted by atomic mass is 16.1. The molecule has 0 radical (unpaired) electrons. The van der Waals surface area contributed by atoms with Crippen molar-refractivity contribution in [3.05, 3.63) is 47.8 Å². The molecule has 1 N–H and O–H groups in total. The summed E-state index contributed by atoms with van der Waals surface area (Å²) in [4.78, 5) is 15.9. The number of hydrogen-bond donors (Lipinski definition) is 1. The van der Waals surface area contributed by atoms with Gasteiger partial charge in [0.15, 0.2) is 5.78 Å². The summed E-state index contributed by atoms with van der Waals surface area (Å²) in [5.74, 6) is -0.0187. The number of nitrogens with zero attached hydrogens (tertiary/aromatic N) is 1. The van der Waals surface area contributed by atoms with Gasteiger partial charge in [0.2, 0.25) is 0 Å². The van der Waals surface area contributed by atoms with Crippen molar-refractivity contribution in [2.24, 2.45) is 0 Å². The Kier molecular flexibility index (Phi) is 7.30. The second-order valence-corrected chi connectivity index (χ2v) is 4.76. The van der Waals surface area contributed by atoms with Gasteiger partial charge in [0.25, 0.3) is 0 Å². The quantitative estimate of drug-likeness (QED) is 0.770. The maximum atomic E-state index is 11.6. The Morgan fingerprint density at radius 2 is 1.91 bits per heavy atom. The second-order valence-electron chi connectivity index (χ2n) is 4.76. The molecule has 0 amide bonds. The molecule has 0 fully saturated rings. The van der Waals surface area contributed by atoms with Crippen molar-refractivity contribution in [3.63, 3.8) is 0 Å². The number of anilines is 1. The standard InChI is InChI=1S/C17H20N2O.C2H6.H2/c1-4-13-7-6-8-14(9-13)15-10-16(18-5-2)17(12(3)20)19-11-15;1-2;/h6-11,18H,4-5H2,1-3H3;1-2H3;1H. The Bertz CT molecular complexity index is 627. The summed E-state index contributed by atoms with van der Waals surface area (Å²) in [6.07, 6.45) is 2.78. The van der Waals surface area contributed by atoms with Crippen LogP contribution in [0, 0.1) is 0 Å². The molecule has 1 aromatic heterocycles. The molecule has 1 heterocycles. The van der Waals surface area contributed by atoms with Crippen molar-refractivity contribution >= 4 is 11.5 Å². The number of Topliss-reactive ketones (excluding diaryl/α,β-unsaturated/α-hetero) is 1. The van der Waals surface area contributed by atoms with Gasteiger partial charge in [0.1, 0.15) is 5.69 Å². The summed E-state index contributed by atoms with van der Waals surface area (Å²) in [5, 5.41) is 3.21. The van der Waals surface area contributed by atoms with Gasteiger partial charge < -0.3 is 5.32 Å². The lowest BCUT2D eigenvalue weighted by Gasteiger charge is -2.11. The molecule has 22 heavy (non-hydrogen) atoms. The van der Waals surface area contributed by atoms with Gasteiger partial charge in [-0.15, -0.1) is 0 Å². The third-order valence-corrected chi connectivity index (χ3v) is 3.26. The number of hydrogen-bond acceptors (Lipinski definition) is 3. The van der Waals surface area contributed by atoms with Gasteiger partial charge in [-0.25, -0.2) is 0 Å². The number of ketones is 1. The average Bonchev–Trinajstić information content (AvgIpc) is 2.57. The van der Waals surface area contributed by atoms with Crippen LogP contribution in [0.4, 0.5) is 5.69 Å². The molecule has 0 saturated carbocycles. The average molecular weight is 300 g/mol. The summed E-state index contributed by atoms with van der Waals surface area (Å²) >= 11 is 0. The van der Waals surface area contributed by atoms with E-state index in [-0.39, 0.29) is 7.21 Å². The van der Waals surface area contributed by atoms with Crippen molar-refractivity contribution in [2.75, 3.05) is 11.9 Å². The lowest BCUT2D eigenvalue weighted by atomic mass is 10.0. The predicted molar refractivity (Wildman–Crippen MR) is 96.7 cm³/mol. The molecule has 0 unspecified atom stereocenters. The number of rotatable bonds is 5. The number of carbonyl (C=O) groups excluding carboxylic acids is 1. The Balaban J connectivity index is 0.00000155. The zero-order chi connectivity index (χ0) is 16.5. The van der Waals surface area contributed by atoms with Crippen LogP contribution in [0.25, 0.3) is 11.1 Å². The molecule has 0 bridgehead atoms. The molecule has 0 atom stereocenters. The molecule has 0 aliphatic heterocycles. The van der Waals surface area contributed by atoms with Crippen molar-refractivity contribution in [1.29, 1.82) is 0 Å². The number of aromatic nitrogens is 1. The highest BCUT2D eigenvalue weighted by molar-refractivity contribution is 5.98. The molecular weight excluding hydrogens is 272 g/mol. The van der Waals surface area contributed by atoms with Crippen LogP contribution in [0.3, 0.4) is 0 Å². The maximum Gasteiger partial charge on any atom is 0.180 e. The predicted octanol–water partition coefficient (Wildman–Crippen LogP) is 5.22. The summed E-state index contributed by atoms with van der Waals surface area (Å²) in [6, 6.07) is 10.4. The van der Waals surface area contributed by atoms with Crippen molar-refractivity contribution in [2.45, 2.75) is 41.0 Å². The topological polar surface area (TPSA) is 42.0 Å². The van der Waals surface area contributed by atoms with Crippen LogP contribution in [0.15, 0.2) is 36.5 Å². The fourth-order valence-electron chi connectivity index (χ4n) is 2.20. The van der Waals surface area contributed by atoms with Crippen molar-refractivity contribution in [1.82, 2.24) is 4.98 Å². The van der Waals surface area contributed by atoms with Gasteiger partial charge in [-0.1, -0.05) is 45.0 Å². The zero-order valence-corrected chi connectivity index (χ0v) is 14.2. The van der Waals surface area contributed by atoms with E-state index < -0.39 is 0 Å². The highest BCUT2D eigenvalue weighted by Gasteiger charge is 2.10. The first-order valence-electron chi connectivity index (χ1n) is 7.99. The molecule has 0 saturated heterocycles. The fraction of sp³-hybridized carbons (Fsp3) is 0.368. The summed E-state index contributed by atoms with van der Waals surface area (Å²) in [6.45, 7) is 10.5. The lowest BCUT2D eigenvalue weighted by molar-refractivity contribution is 0.101. The van der Waals surface area contributed by atoms with Crippen molar-refractivity contribution < 1.29 is 6.22 Å². The van der Waals surface area contributed by atoms with Gasteiger partial charge in [-0.05, 0) is 30.5 Å². The van der Waals surface area contributed by atoms with Gasteiger partial charge in [-0.2, -0.15) is 0 Å². The van der Waals surface area contributed by atoms with Crippen LogP contribution < -0.4 is 5.32 Å². The molecule has 0 aliphatic rings. The van der Waals surface area contributed by atoms with Crippen molar-refractivity contribution in [3.8, 4) is 11.1 Å². The molecular formula is C19H28N2O. The van der Waals surface area contributed by atoms with Crippen LogP contribution in [0.5, 0.6) is 0 Å². The Morgan fingerprint density at radius 3 is 2.50 bits per heavy atom. The van der Waals surface area contributed by atoms with E-state index in [0.717, 1.165) is 29.8 Å². The lowest BCUT2D eigenvalue weighted by Crippen LogP contribution is -2.06. The zero-order valence-electron chi connectivity index (χ0n) is 14.2. The van der Waals surface area contributed by atoms with Gasteiger partial charge in [0.05, 0.1) is 5.69 Å². The van der Waals surface area contributed by atoms with Crippen LogP contribution in [0.2, 0.25) is 0 Å². The molecule has 3 nitrogen and oxygen atoms in total. The van der Waals surface area contributed by atoms with Crippen LogP contribution >= 0.6 is 0 Å². The number of carbonyl (C=O) groups is 1. The minimum Gasteiger partial charge on any atom is -0.383 e. The van der Waals surface area contributed by atoms with Crippen LogP contribution in [-0.2, 0) is 6.42 Å². The molecule has 2 aromatic rings. The minimum atomic E-state index is -0.0187. The second kappa shape index (κ2) is 8.98. The van der Waals surface area contributed by atoms with E-state index in [9.17, 15) is 4.79 Å². The maximum absolute atomic E-state index is 11.6.